The lowest BCUT2D eigenvalue weighted by atomic mass is 10.0. The summed E-state index contributed by atoms with van der Waals surface area (Å²) in [6.07, 6.45) is 3.53. The fourth-order valence-electron chi connectivity index (χ4n) is 2.05. The summed E-state index contributed by atoms with van der Waals surface area (Å²) in [6.45, 7) is 4.06. The predicted molar refractivity (Wildman–Crippen MR) is 65.1 cm³/mol. The Morgan fingerprint density at radius 1 is 1.41 bits per heavy atom. The molecule has 2 atom stereocenters. The number of nitrogens with zero attached hydrogens (tertiary/aromatic N) is 2. The van der Waals surface area contributed by atoms with E-state index < -0.39 is 0 Å². The van der Waals surface area contributed by atoms with E-state index in [9.17, 15) is 0 Å². The van der Waals surface area contributed by atoms with E-state index in [0.29, 0.717) is 11.6 Å². The molecule has 1 aliphatic heterocycles. The minimum atomic E-state index is 0.0574. The summed E-state index contributed by atoms with van der Waals surface area (Å²) in [6, 6.07) is 0. The van der Waals surface area contributed by atoms with Crippen molar-refractivity contribution in [1.82, 2.24) is 9.97 Å². The zero-order chi connectivity index (χ0) is 12.4. The summed E-state index contributed by atoms with van der Waals surface area (Å²) in [7, 11) is 0. The predicted octanol–water partition coefficient (Wildman–Crippen LogP) is 2.05. The second-order valence-electron chi connectivity index (χ2n) is 4.37. The SMILES string of the molecule is CC1CC(Oc2nc(Cl)ncc2N)CC(C)O1. The van der Waals surface area contributed by atoms with Crippen LogP contribution in [0.15, 0.2) is 6.20 Å². The smallest absolute Gasteiger partial charge is 0.241 e. The fourth-order valence-corrected chi connectivity index (χ4v) is 2.17. The van der Waals surface area contributed by atoms with E-state index in [1.54, 1.807) is 0 Å². The van der Waals surface area contributed by atoms with E-state index >= 15 is 0 Å². The number of ether oxygens (including phenoxy) is 2. The molecule has 5 nitrogen and oxygen atoms in total. The summed E-state index contributed by atoms with van der Waals surface area (Å²) in [5.74, 6) is 0.358. The Morgan fingerprint density at radius 3 is 2.71 bits per heavy atom. The van der Waals surface area contributed by atoms with E-state index in [4.69, 9.17) is 26.8 Å². The highest BCUT2D eigenvalue weighted by atomic mass is 35.5. The van der Waals surface area contributed by atoms with Gasteiger partial charge in [0.25, 0.3) is 0 Å². The maximum Gasteiger partial charge on any atom is 0.241 e. The average Bonchev–Trinajstić information content (AvgIpc) is 2.22. The van der Waals surface area contributed by atoms with Gasteiger partial charge in [-0.25, -0.2) is 4.98 Å². The third-order valence-corrected chi connectivity index (χ3v) is 2.87. The highest BCUT2D eigenvalue weighted by Gasteiger charge is 2.26. The van der Waals surface area contributed by atoms with Crippen LogP contribution in [0.5, 0.6) is 5.88 Å². The van der Waals surface area contributed by atoms with Crippen molar-refractivity contribution in [2.75, 3.05) is 5.73 Å². The molecule has 2 unspecified atom stereocenters. The normalized spacial score (nSPS) is 29.0. The van der Waals surface area contributed by atoms with Crippen LogP contribution in [0.2, 0.25) is 5.28 Å². The number of hydrogen-bond acceptors (Lipinski definition) is 5. The number of anilines is 1. The van der Waals surface area contributed by atoms with Crippen LogP contribution in [0.4, 0.5) is 5.69 Å². The maximum absolute atomic E-state index is 5.77. The average molecular weight is 258 g/mol. The molecule has 0 spiro atoms. The minimum Gasteiger partial charge on any atom is -0.473 e. The summed E-state index contributed by atoms with van der Waals surface area (Å²) in [4.78, 5) is 7.77. The molecule has 1 aromatic rings. The van der Waals surface area contributed by atoms with Gasteiger partial charge < -0.3 is 15.2 Å². The first kappa shape index (κ1) is 12.4. The van der Waals surface area contributed by atoms with E-state index in [1.807, 2.05) is 13.8 Å². The Balaban J connectivity index is 2.07. The summed E-state index contributed by atoms with van der Waals surface area (Å²) in [5.41, 5.74) is 6.14. The van der Waals surface area contributed by atoms with Gasteiger partial charge in [0.05, 0.1) is 18.4 Å². The molecule has 1 saturated heterocycles. The maximum atomic E-state index is 5.77. The van der Waals surface area contributed by atoms with E-state index in [2.05, 4.69) is 9.97 Å². The molecule has 17 heavy (non-hydrogen) atoms. The van der Waals surface area contributed by atoms with Crippen LogP contribution in [0.25, 0.3) is 0 Å². The molecule has 1 fully saturated rings. The zero-order valence-electron chi connectivity index (χ0n) is 9.89. The summed E-state index contributed by atoms with van der Waals surface area (Å²) >= 11 is 5.71. The largest absolute Gasteiger partial charge is 0.473 e. The van der Waals surface area contributed by atoms with Gasteiger partial charge in [0.15, 0.2) is 0 Å². The van der Waals surface area contributed by atoms with Crippen LogP contribution in [-0.4, -0.2) is 28.3 Å². The Kier molecular flexibility index (Phi) is 3.69. The van der Waals surface area contributed by atoms with Gasteiger partial charge in [-0.15, -0.1) is 0 Å². The van der Waals surface area contributed by atoms with E-state index in [-0.39, 0.29) is 23.6 Å². The van der Waals surface area contributed by atoms with Gasteiger partial charge in [-0.2, -0.15) is 4.98 Å². The van der Waals surface area contributed by atoms with Crippen molar-refractivity contribution < 1.29 is 9.47 Å². The molecule has 0 radical (unpaired) electrons. The van der Waals surface area contributed by atoms with Gasteiger partial charge >= 0.3 is 0 Å². The number of nitrogens with two attached hydrogens (primary N) is 1. The molecule has 2 N–H and O–H groups in total. The van der Waals surface area contributed by atoms with Crippen molar-refractivity contribution in [2.45, 2.75) is 45.0 Å². The minimum absolute atomic E-state index is 0.0574. The first-order valence-corrected chi connectivity index (χ1v) is 6.02. The molecule has 2 heterocycles. The van der Waals surface area contributed by atoms with Crippen LogP contribution < -0.4 is 10.5 Å². The first-order valence-electron chi connectivity index (χ1n) is 5.64. The fraction of sp³-hybridized carbons (Fsp3) is 0.636. The lowest BCUT2D eigenvalue weighted by molar-refractivity contribution is -0.0728. The topological polar surface area (TPSA) is 70.3 Å². The van der Waals surface area contributed by atoms with Crippen molar-refractivity contribution in [2.24, 2.45) is 0 Å². The number of rotatable bonds is 2. The number of hydrogen-bond donors (Lipinski definition) is 1. The molecule has 0 aromatic carbocycles. The Bertz CT molecular complexity index is 392. The molecular formula is C11H16ClN3O2. The Labute approximate surface area is 105 Å². The van der Waals surface area contributed by atoms with Crippen molar-refractivity contribution in [1.29, 1.82) is 0 Å². The molecule has 6 heteroatoms. The third kappa shape index (κ3) is 3.20. The Morgan fingerprint density at radius 2 is 2.06 bits per heavy atom. The van der Waals surface area contributed by atoms with Crippen LogP contribution in [-0.2, 0) is 4.74 Å². The Hall–Kier alpha value is -1.07. The molecular weight excluding hydrogens is 242 g/mol. The molecule has 94 valence electrons. The van der Waals surface area contributed by atoms with E-state index in [0.717, 1.165) is 12.8 Å². The van der Waals surface area contributed by atoms with Crippen LogP contribution in [0, 0.1) is 0 Å². The summed E-state index contributed by atoms with van der Waals surface area (Å²) < 4.78 is 11.4. The van der Waals surface area contributed by atoms with Gasteiger partial charge in [0.2, 0.25) is 11.2 Å². The van der Waals surface area contributed by atoms with Crippen molar-refractivity contribution in [3.05, 3.63) is 11.5 Å². The molecule has 0 amide bonds. The lowest BCUT2D eigenvalue weighted by Crippen LogP contribution is -2.36. The van der Waals surface area contributed by atoms with Gasteiger partial charge in [-0.05, 0) is 25.4 Å². The van der Waals surface area contributed by atoms with Crippen molar-refractivity contribution >= 4 is 17.3 Å². The van der Waals surface area contributed by atoms with Crippen molar-refractivity contribution in [3.8, 4) is 5.88 Å². The standard InChI is InChI=1S/C11H16ClN3O2/c1-6-3-8(4-7(2)16-6)17-10-9(13)5-14-11(12)15-10/h5-8H,3-4,13H2,1-2H3. The van der Waals surface area contributed by atoms with Gasteiger partial charge in [0, 0.05) is 12.8 Å². The molecule has 0 aliphatic carbocycles. The monoisotopic (exact) mass is 257 g/mol. The molecule has 0 bridgehead atoms. The number of nitrogen functional groups attached to an aromatic ring is 1. The first-order chi connectivity index (χ1) is 8.04. The molecule has 1 aromatic heterocycles. The van der Waals surface area contributed by atoms with Gasteiger partial charge in [-0.3, -0.25) is 0 Å². The van der Waals surface area contributed by atoms with E-state index in [1.165, 1.54) is 6.20 Å². The van der Waals surface area contributed by atoms with Crippen LogP contribution in [0.3, 0.4) is 0 Å². The number of aromatic nitrogens is 2. The highest BCUT2D eigenvalue weighted by molar-refractivity contribution is 6.28. The molecule has 2 rings (SSSR count). The van der Waals surface area contributed by atoms with Crippen LogP contribution in [0.1, 0.15) is 26.7 Å². The van der Waals surface area contributed by atoms with Crippen LogP contribution >= 0.6 is 11.6 Å². The van der Waals surface area contributed by atoms with Gasteiger partial charge in [-0.1, -0.05) is 0 Å². The number of halogens is 1. The quantitative estimate of drug-likeness (QED) is 0.821. The highest BCUT2D eigenvalue weighted by Crippen LogP contribution is 2.26. The molecule has 0 saturated carbocycles. The summed E-state index contributed by atoms with van der Waals surface area (Å²) in [5, 5.41) is 0.141. The second-order valence-corrected chi connectivity index (χ2v) is 4.71. The zero-order valence-corrected chi connectivity index (χ0v) is 10.6. The third-order valence-electron chi connectivity index (χ3n) is 2.68. The second kappa shape index (κ2) is 5.06. The molecule has 1 aliphatic rings. The van der Waals surface area contributed by atoms with Crippen molar-refractivity contribution in [3.63, 3.8) is 0 Å². The van der Waals surface area contributed by atoms with Gasteiger partial charge in [0.1, 0.15) is 11.8 Å². The lowest BCUT2D eigenvalue weighted by Gasteiger charge is -2.32.